The number of nitrogens with zero attached hydrogens (tertiary/aromatic N) is 3. The van der Waals surface area contributed by atoms with Gasteiger partial charge < -0.3 is 5.32 Å². The molecular weight excluding hydrogens is 328 g/mol. The molecular formula is C20H22N4O2. The van der Waals surface area contributed by atoms with Gasteiger partial charge in [0.15, 0.2) is 0 Å². The third-order valence-corrected chi connectivity index (χ3v) is 4.49. The largest absolute Gasteiger partial charge is 0.355 e. The predicted molar refractivity (Wildman–Crippen MR) is 101 cm³/mol. The molecule has 2 aromatic carbocycles. The Hall–Kier alpha value is -3.02. The Morgan fingerprint density at radius 1 is 1.12 bits per heavy atom. The topological polar surface area (TPSA) is 76.9 Å². The van der Waals surface area contributed by atoms with Crippen molar-refractivity contribution in [2.24, 2.45) is 0 Å². The Labute approximate surface area is 151 Å². The van der Waals surface area contributed by atoms with E-state index in [1.807, 2.05) is 24.3 Å². The highest BCUT2D eigenvalue weighted by atomic mass is 16.2. The lowest BCUT2D eigenvalue weighted by Crippen LogP contribution is -2.31. The predicted octanol–water partition coefficient (Wildman–Crippen LogP) is 2.49. The number of hydrogen-bond donors (Lipinski definition) is 1. The second kappa shape index (κ2) is 8.38. The molecule has 1 atom stereocenters. The number of rotatable bonds is 7. The van der Waals surface area contributed by atoms with Crippen LogP contribution in [-0.2, 0) is 11.3 Å². The average Bonchev–Trinajstić information content (AvgIpc) is 2.69. The van der Waals surface area contributed by atoms with Crippen molar-refractivity contribution < 1.29 is 4.79 Å². The summed E-state index contributed by atoms with van der Waals surface area (Å²) >= 11 is 0. The van der Waals surface area contributed by atoms with Crippen LogP contribution in [0.2, 0.25) is 0 Å². The molecule has 1 amide bonds. The van der Waals surface area contributed by atoms with Gasteiger partial charge in [-0.15, -0.1) is 5.10 Å². The molecule has 0 spiro atoms. The molecule has 3 rings (SSSR count). The first kappa shape index (κ1) is 17.8. The smallest absolute Gasteiger partial charge is 0.277 e. The molecule has 1 unspecified atom stereocenters. The van der Waals surface area contributed by atoms with Gasteiger partial charge in [0, 0.05) is 18.9 Å². The van der Waals surface area contributed by atoms with Crippen LogP contribution in [0.1, 0.15) is 31.2 Å². The number of benzene rings is 2. The van der Waals surface area contributed by atoms with Crippen LogP contribution in [0, 0.1) is 0 Å². The second-order valence-corrected chi connectivity index (χ2v) is 6.20. The van der Waals surface area contributed by atoms with E-state index in [9.17, 15) is 9.59 Å². The van der Waals surface area contributed by atoms with Gasteiger partial charge in [0.2, 0.25) is 5.91 Å². The number of nitrogens with one attached hydrogen (secondary N) is 1. The quantitative estimate of drug-likeness (QED) is 0.710. The molecule has 0 aliphatic heterocycles. The van der Waals surface area contributed by atoms with Gasteiger partial charge in [0.05, 0.1) is 11.9 Å². The number of carbonyl (C=O) groups excluding carboxylic acids is 1. The molecule has 0 radical (unpaired) electrons. The first-order valence-electron chi connectivity index (χ1n) is 8.83. The molecule has 1 aromatic heterocycles. The second-order valence-electron chi connectivity index (χ2n) is 6.20. The molecule has 0 saturated carbocycles. The fraction of sp³-hybridized carbons (Fsp3) is 0.300. The van der Waals surface area contributed by atoms with Gasteiger partial charge in [-0.2, -0.15) is 0 Å². The van der Waals surface area contributed by atoms with Gasteiger partial charge in [0.25, 0.3) is 5.56 Å². The van der Waals surface area contributed by atoms with Crippen molar-refractivity contribution in [1.82, 2.24) is 20.3 Å². The van der Waals surface area contributed by atoms with Crippen LogP contribution in [0.3, 0.4) is 0 Å². The van der Waals surface area contributed by atoms with Crippen molar-refractivity contribution in [2.45, 2.75) is 32.2 Å². The zero-order valence-electron chi connectivity index (χ0n) is 14.8. The lowest BCUT2D eigenvalue weighted by molar-refractivity contribution is -0.121. The van der Waals surface area contributed by atoms with Crippen LogP contribution in [0.25, 0.3) is 10.9 Å². The van der Waals surface area contributed by atoms with E-state index in [1.165, 1.54) is 10.2 Å². The SMILES string of the molecule is CCC(CNC(=O)CCn1nnc2ccccc2c1=O)c1ccccc1. The summed E-state index contributed by atoms with van der Waals surface area (Å²) < 4.78 is 1.25. The third-order valence-electron chi connectivity index (χ3n) is 4.49. The highest BCUT2D eigenvalue weighted by Crippen LogP contribution is 2.17. The van der Waals surface area contributed by atoms with Crippen LogP contribution >= 0.6 is 0 Å². The van der Waals surface area contributed by atoms with Crippen molar-refractivity contribution in [1.29, 1.82) is 0 Å². The van der Waals surface area contributed by atoms with Gasteiger partial charge in [-0.05, 0) is 24.1 Å². The summed E-state index contributed by atoms with van der Waals surface area (Å²) in [5.74, 6) is 0.185. The van der Waals surface area contributed by atoms with E-state index in [-0.39, 0.29) is 30.3 Å². The number of amides is 1. The van der Waals surface area contributed by atoms with E-state index >= 15 is 0 Å². The molecule has 1 heterocycles. The Balaban J connectivity index is 1.57. The molecule has 134 valence electrons. The minimum absolute atomic E-state index is 0.0961. The number of carbonyl (C=O) groups is 1. The van der Waals surface area contributed by atoms with Gasteiger partial charge in [-0.1, -0.05) is 54.6 Å². The van der Waals surface area contributed by atoms with E-state index < -0.39 is 0 Å². The number of hydrogen-bond acceptors (Lipinski definition) is 4. The Morgan fingerprint density at radius 3 is 2.62 bits per heavy atom. The summed E-state index contributed by atoms with van der Waals surface area (Å²) in [4.78, 5) is 24.5. The summed E-state index contributed by atoms with van der Waals surface area (Å²) in [6.07, 6.45) is 1.14. The Kier molecular flexibility index (Phi) is 5.73. The van der Waals surface area contributed by atoms with E-state index in [4.69, 9.17) is 0 Å². The van der Waals surface area contributed by atoms with Gasteiger partial charge in [0.1, 0.15) is 5.52 Å². The minimum Gasteiger partial charge on any atom is -0.355 e. The van der Waals surface area contributed by atoms with Crippen molar-refractivity contribution in [3.63, 3.8) is 0 Å². The van der Waals surface area contributed by atoms with Gasteiger partial charge >= 0.3 is 0 Å². The van der Waals surface area contributed by atoms with Crippen LogP contribution in [-0.4, -0.2) is 27.4 Å². The minimum atomic E-state index is -0.223. The zero-order chi connectivity index (χ0) is 18.4. The molecule has 0 fully saturated rings. The maximum absolute atomic E-state index is 12.4. The molecule has 26 heavy (non-hydrogen) atoms. The molecule has 6 heteroatoms. The van der Waals surface area contributed by atoms with E-state index in [2.05, 4.69) is 34.7 Å². The van der Waals surface area contributed by atoms with E-state index in [1.54, 1.807) is 18.2 Å². The van der Waals surface area contributed by atoms with Crippen molar-refractivity contribution in [3.05, 3.63) is 70.5 Å². The highest BCUT2D eigenvalue weighted by molar-refractivity contribution is 5.77. The standard InChI is InChI=1S/C20H22N4O2/c1-2-15(16-8-4-3-5-9-16)14-21-19(25)12-13-24-20(26)17-10-6-7-11-18(17)22-23-24/h3-11,15H,2,12-14H2,1H3,(H,21,25). The van der Waals surface area contributed by atoms with Crippen molar-refractivity contribution in [3.8, 4) is 0 Å². The van der Waals surface area contributed by atoms with Crippen molar-refractivity contribution >= 4 is 16.8 Å². The molecule has 0 saturated heterocycles. The summed E-state index contributed by atoms with van der Waals surface area (Å²) in [6, 6.07) is 17.2. The Bertz CT molecular complexity index is 937. The van der Waals surface area contributed by atoms with E-state index in [0.717, 1.165) is 6.42 Å². The highest BCUT2D eigenvalue weighted by Gasteiger charge is 2.12. The van der Waals surface area contributed by atoms with Crippen LogP contribution in [0.4, 0.5) is 0 Å². The normalized spacial score (nSPS) is 12.0. The van der Waals surface area contributed by atoms with Crippen molar-refractivity contribution in [2.75, 3.05) is 6.54 Å². The molecule has 6 nitrogen and oxygen atoms in total. The third kappa shape index (κ3) is 4.14. The zero-order valence-corrected chi connectivity index (χ0v) is 14.8. The van der Waals surface area contributed by atoms with Crippen LogP contribution in [0.5, 0.6) is 0 Å². The van der Waals surface area contributed by atoms with Gasteiger partial charge in [-0.3, -0.25) is 9.59 Å². The molecule has 3 aromatic rings. The first-order valence-corrected chi connectivity index (χ1v) is 8.83. The summed E-state index contributed by atoms with van der Waals surface area (Å²) in [6.45, 7) is 2.90. The monoisotopic (exact) mass is 350 g/mol. The van der Waals surface area contributed by atoms with Crippen LogP contribution < -0.4 is 10.9 Å². The number of aromatic nitrogens is 3. The van der Waals surface area contributed by atoms with E-state index in [0.29, 0.717) is 17.4 Å². The van der Waals surface area contributed by atoms with Crippen LogP contribution in [0.15, 0.2) is 59.4 Å². The lowest BCUT2D eigenvalue weighted by Gasteiger charge is -2.16. The number of aryl methyl sites for hydroxylation is 1. The molecule has 0 aliphatic rings. The molecule has 1 N–H and O–H groups in total. The number of fused-ring (bicyclic) bond motifs is 1. The molecule has 0 bridgehead atoms. The lowest BCUT2D eigenvalue weighted by atomic mass is 9.96. The summed E-state index contributed by atoms with van der Waals surface area (Å²) in [5.41, 5.74) is 1.55. The molecule has 0 aliphatic carbocycles. The summed E-state index contributed by atoms with van der Waals surface area (Å²) in [5, 5.41) is 11.4. The Morgan fingerprint density at radius 2 is 1.85 bits per heavy atom. The average molecular weight is 350 g/mol. The fourth-order valence-corrected chi connectivity index (χ4v) is 2.93. The summed E-state index contributed by atoms with van der Waals surface area (Å²) in [7, 11) is 0. The van der Waals surface area contributed by atoms with Gasteiger partial charge in [-0.25, -0.2) is 4.68 Å². The fourth-order valence-electron chi connectivity index (χ4n) is 2.93. The maximum atomic E-state index is 12.4. The first-order chi connectivity index (χ1) is 12.7. The maximum Gasteiger partial charge on any atom is 0.277 e.